The first-order chi connectivity index (χ1) is 11.3. The van der Waals surface area contributed by atoms with Gasteiger partial charge in [0.25, 0.3) is 0 Å². The summed E-state index contributed by atoms with van der Waals surface area (Å²) in [6.45, 7) is 0. The van der Waals surface area contributed by atoms with E-state index in [9.17, 15) is 0 Å². The Morgan fingerprint density at radius 1 is 1.13 bits per heavy atom. The van der Waals surface area contributed by atoms with E-state index >= 15 is 0 Å². The van der Waals surface area contributed by atoms with Crippen LogP contribution in [0, 0.1) is 0 Å². The maximum atomic E-state index is 5.25. The summed E-state index contributed by atoms with van der Waals surface area (Å²) >= 11 is 1.68. The van der Waals surface area contributed by atoms with Gasteiger partial charge >= 0.3 is 0 Å². The normalized spacial score (nSPS) is 11.2. The quantitative estimate of drug-likeness (QED) is 0.566. The molecule has 0 aliphatic carbocycles. The standard InChI is InChI=1S/C18H15N3OS/c1-22-14-7-8-15-16(10-14)21-18(20-15)23-11-13-5-2-4-12-6-3-9-19-17(12)13/h2-10H,11H2,1H3,(H,20,21). The van der Waals surface area contributed by atoms with Crippen LogP contribution >= 0.6 is 11.8 Å². The molecule has 2 heterocycles. The number of nitrogens with zero attached hydrogens (tertiary/aromatic N) is 2. The van der Waals surface area contributed by atoms with Crippen LogP contribution in [0.5, 0.6) is 5.75 Å². The molecule has 0 spiro atoms. The van der Waals surface area contributed by atoms with Gasteiger partial charge in [0.1, 0.15) is 5.75 Å². The molecule has 2 aromatic carbocycles. The molecule has 0 aliphatic rings. The van der Waals surface area contributed by atoms with Crippen molar-refractivity contribution in [3.63, 3.8) is 0 Å². The van der Waals surface area contributed by atoms with Gasteiger partial charge in [0.15, 0.2) is 5.16 Å². The lowest BCUT2D eigenvalue weighted by Crippen LogP contribution is -1.87. The number of fused-ring (bicyclic) bond motifs is 2. The van der Waals surface area contributed by atoms with Crippen LogP contribution in [0.15, 0.2) is 59.9 Å². The Morgan fingerprint density at radius 3 is 2.96 bits per heavy atom. The van der Waals surface area contributed by atoms with E-state index in [0.717, 1.165) is 33.2 Å². The highest BCUT2D eigenvalue weighted by molar-refractivity contribution is 7.98. The summed E-state index contributed by atoms with van der Waals surface area (Å²) in [5.41, 5.74) is 4.21. The summed E-state index contributed by atoms with van der Waals surface area (Å²) in [6, 6.07) is 16.2. The number of thioether (sulfide) groups is 1. The Bertz CT molecular complexity index is 975. The van der Waals surface area contributed by atoms with Crippen molar-refractivity contribution in [2.24, 2.45) is 0 Å². The number of para-hydroxylation sites is 1. The Hall–Kier alpha value is -2.53. The number of imidazole rings is 1. The number of aromatic amines is 1. The van der Waals surface area contributed by atoms with Crippen molar-refractivity contribution in [1.29, 1.82) is 0 Å². The maximum Gasteiger partial charge on any atom is 0.166 e. The van der Waals surface area contributed by atoms with Crippen LogP contribution in [0.25, 0.3) is 21.9 Å². The van der Waals surface area contributed by atoms with Crippen LogP contribution in [0.3, 0.4) is 0 Å². The third kappa shape index (κ3) is 2.75. The molecule has 0 aliphatic heterocycles. The molecule has 0 saturated heterocycles. The number of rotatable bonds is 4. The van der Waals surface area contributed by atoms with Gasteiger partial charge in [-0.2, -0.15) is 0 Å². The van der Waals surface area contributed by atoms with E-state index in [-0.39, 0.29) is 0 Å². The first kappa shape index (κ1) is 14.1. The first-order valence-corrected chi connectivity index (χ1v) is 8.31. The zero-order valence-corrected chi connectivity index (χ0v) is 13.4. The topological polar surface area (TPSA) is 50.8 Å². The molecule has 0 atom stereocenters. The van der Waals surface area contributed by atoms with Crippen LogP contribution in [0.2, 0.25) is 0 Å². The third-order valence-corrected chi connectivity index (χ3v) is 4.67. The van der Waals surface area contributed by atoms with Crippen LogP contribution < -0.4 is 4.74 Å². The van der Waals surface area contributed by atoms with Crippen molar-refractivity contribution in [1.82, 2.24) is 15.0 Å². The molecule has 1 N–H and O–H groups in total. The van der Waals surface area contributed by atoms with Gasteiger partial charge in [0, 0.05) is 23.4 Å². The second-order valence-corrected chi connectivity index (χ2v) is 6.17. The minimum atomic E-state index is 0.825. The number of hydrogen-bond donors (Lipinski definition) is 1. The zero-order chi connectivity index (χ0) is 15.6. The van der Waals surface area contributed by atoms with Crippen molar-refractivity contribution in [3.8, 4) is 5.75 Å². The van der Waals surface area contributed by atoms with Crippen LogP contribution in [0.1, 0.15) is 5.56 Å². The minimum absolute atomic E-state index is 0.825. The predicted molar refractivity (Wildman–Crippen MR) is 93.9 cm³/mol. The smallest absolute Gasteiger partial charge is 0.166 e. The zero-order valence-electron chi connectivity index (χ0n) is 12.6. The highest BCUT2D eigenvalue weighted by atomic mass is 32.2. The molecular formula is C18H15N3OS. The summed E-state index contributed by atoms with van der Waals surface area (Å²) in [5.74, 6) is 1.65. The summed E-state index contributed by atoms with van der Waals surface area (Å²) in [4.78, 5) is 12.5. The van der Waals surface area contributed by atoms with Gasteiger partial charge in [0.05, 0.1) is 23.7 Å². The van der Waals surface area contributed by atoms with Crippen molar-refractivity contribution < 1.29 is 4.74 Å². The van der Waals surface area contributed by atoms with E-state index in [4.69, 9.17) is 4.74 Å². The first-order valence-electron chi connectivity index (χ1n) is 7.33. The molecular weight excluding hydrogens is 306 g/mol. The second kappa shape index (κ2) is 5.93. The van der Waals surface area contributed by atoms with E-state index in [1.807, 2.05) is 30.5 Å². The lowest BCUT2D eigenvalue weighted by atomic mass is 10.1. The highest BCUT2D eigenvalue weighted by Gasteiger charge is 2.07. The summed E-state index contributed by atoms with van der Waals surface area (Å²) in [5, 5.41) is 2.07. The SMILES string of the molecule is COc1ccc2nc(SCc3cccc4cccnc34)[nH]c2c1. The second-order valence-electron chi connectivity index (χ2n) is 5.21. The minimum Gasteiger partial charge on any atom is -0.497 e. The Balaban J connectivity index is 1.60. The molecule has 0 amide bonds. The fourth-order valence-corrected chi connectivity index (χ4v) is 3.46. The van der Waals surface area contributed by atoms with Gasteiger partial charge in [-0.1, -0.05) is 36.0 Å². The Labute approximate surface area is 137 Å². The number of nitrogens with one attached hydrogen (secondary N) is 1. The van der Waals surface area contributed by atoms with Gasteiger partial charge in [-0.25, -0.2) is 4.98 Å². The number of aromatic nitrogens is 3. The fraction of sp³-hybridized carbons (Fsp3) is 0.111. The lowest BCUT2D eigenvalue weighted by molar-refractivity contribution is 0.415. The molecule has 4 nitrogen and oxygen atoms in total. The van der Waals surface area contributed by atoms with E-state index in [1.165, 1.54) is 10.9 Å². The van der Waals surface area contributed by atoms with Gasteiger partial charge < -0.3 is 9.72 Å². The van der Waals surface area contributed by atoms with E-state index in [0.29, 0.717) is 0 Å². The van der Waals surface area contributed by atoms with Crippen LogP contribution in [-0.4, -0.2) is 22.1 Å². The third-order valence-electron chi connectivity index (χ3n) is 3.75. The summed E-state index contributed by atoms with van der Waals surface area (Å²) in [6.07, 6.45) is 1.84. The van der Waals surface area contributed by atoms with Crippen LogP contribution in [-0.2, 0) is 5.75 Å². The lowest BCUT2D eigenvalue weighted by Gasteiger charge is -2.03. The summed E-state index contributed by atoms with van der Waals surface area (Å²) < 4.78 is 5.25. The molecule has 2 aromatic heterocycles. The molecule has 0 saturated carbocycles. The Morgan fingerprint density at radius 2 is 2.04 bits per heavy atom. The number of methoxy groups -OCH3 is 1. The molecule has 0 unspecified atom stereocenters. The van der Waals surface area contributed by atoms with Crippen molar-refractivity contribution in [3.05, 3.63) is 60.3 Å². The average Bonchev–Trinajstić information content (AvgIpc) is 3.01. The number of H-pyrrole nitrogens is 1. The van der Waals surface area contributed by atoms with Gasteiger partial charge in [0.2, 0.25) is 0 Å². The van der Waals surface area contributed by atoms with Gasteiger partial charge in [-0.15, -0.1) is 0 Å². The number of benzene rings is 2. The molecule has 0 radical (unpaired) electrons. The van der Waals surface area contributed by atoms with E-state index in [1.54, 1.807) is 18.9 Å². The van der Waals surface area contributed by atoms with E-state index < -0.39 is 0 Å². The van der Waals surface area contributed by atoms with Gasteiger partial charge in [-0.3, -0.25) is 4.98 Å². The fourth-order valence-electron chi connectivity index (χ4n) is 2.59. The molecule has 5 heteroatoms. The van der Waals surface area contributed by atoms with Crippen molar-refractivity contribution >= 4 is 33.7 Å². The van der Waals surface area contributed by atoms with Gasteiger partial charge in [-0.05, 0) is 23.8 Å². The molecule has 0 fully saturated rings. The molecule has 0 bridgehead atoms. The van der Waals surface area contributed by atoms with E-state index in [2.05, 4.69) is 39.2 Å². The van der Waals surface area contributed by atoms with Crippen LogP contribution in [0.4, 0.5) is 0 Å². The maximum absolute atomic E-state index is 5.25. The van der Waals surface area contributed by atoms with Crippen molar-refractivity contribution in [2.45, 2.75) is 10.9 Å². The molecule has 23 heavy (non-hydrogen) atoms. The molecule has 114 valence electrons. The highest BCUT2D eigenvalue weighted by Crippen LogP contribution is 2.27. The number of pyridine rings is 1. The average molecular weight is 321 g/mol. The van der Waals surface area contributed by atoms with Crippen molar-refractivity contribution in [2.75, 3.05) is 7.11 Å². The predicted octanol–water partition coefficient (Wildman–Crippen LogP) is 4.41. The Kier molecular flexibility index (Phi) is 3.63. The summed E-state index contributed by atoms with van der Waals surface area (Å²) in [7, 11) is 1.67. The number of ether oxygens (including phenoxy) is 1. The molecule has 4 aromatic rings. The molecule has 4 rings (SSSR count). The number of hydrogen-bond acceptors (Lipinski definition) is 4. The monoisotopic (exact) mass is 321 g/mol. The largest absolute Gasteiger partial charge is 0.497 e.